The van der Waals surface area contributed by atoms with Gasteiger partial charge in [0.05, 0.1) is 13.2 Å². The van der Waals surface area contributed by atoms with Crippen LogP contribution in [0.2, 0.25) is 0 Å². The Morgan fingerprint density at radius 2 is 1.58 bits per heavy atom. The quantitative estimate of drug-likeness (QED) is 0.326. The number of ether oxygens (including phenoxy) is 2. The van der Waals surface area contributed by atoms with Crippen LogP contribution in [0.3, 0.4) is 0 Å². The lowest BCUT2D eigenvalue weighted by Gasteiger charge is -2.34. The van der Waals surface area contributed by atoms with Crippen molar-refractivity contribution in [2.45, 2.75) is 51.0 Å². The van der Waals surface area contributed by atoms with Crippen molar-refractivity contribution in [2.24, 2.45) is 0 Å². The second-order valence-corrected chi connectivity index (χ2v) is 7.77. The molecule has 0 N–H and O–H groups in total. The molecule has 0 radical (unpaired) electrons. The van der Waals surface area contributed by atoms with Gasteiger partial charge in [-0.3, -0.25) is 0 Å². The van der Waals surface area contributed by atoms with Crippen molar-refractivity contribution in [3.63, 3.8) is 0 Å². The zero-order valence-corrected chi connectivity index (χ0v) is 17.3. The van der Waals surface area contributed by atoms with Crippen molar-refractivity contribution < 1.29 is 31.4 Å². The maximum atomic E-state index is 14.8. The number of alkyl halides is 1. The lowest BCUT2D eigenvalue weighted by atomic mass is 9.97. The van der Waals surface area contributed by atoms with Crippen LogP contribution in [-0.2, 0) is 15.9 Å². The van der Waals surface area contributed by atoms with Gasteiger partial charge in [-0.2, -0.15) is 0 Å². The van der Waals surface area contributed by atoms with Crippen LogP contribution in [-0.4, -0.2) is 18.9 Å². The SMILES string of the molecule is C=CCCc1ccc(-c2ccc(C3OCC(F)(CCCC)CO3)c(F)c2F)c(F)c1F. The van der Waals surface area contributed by atoms with Crippen LogP contribution in [0.25, 0.3) is 11.1 Å². The summed E-state index contributed by atoms with van der Waals surface area (Å²) in [6.07, 6.45) is 2.70. The van der Waals surface area contributed by atoms with E-state index < -0.39 is 46.4 Å². The predicted molar refractivity (Wildman–Crippen MR) is 108 cm³/mol. The van der Waals surface area contributed by atoms with E-state index in [1.807, 2.05) is 6.92 Å². The fourth-order valence-corrected chi connectivity index (χ4v) is 3.56. The highest BCUT2D eigenvalue weighted by molar-refractivity contribution is 5.66. The third kappa shape index (κ3) is 4.99. The predicted octanol–water partition coefficient (Wildman–Crippen LogP) is 6.97. The van der Waals surface area contributed by atoms with E-state index in [1.165, 1.54) is 18.2 Å². The fourth-order valence-electron chi connectivity index (χ4n) is 3.56. The molecule has 7 heteroatoms. The summed E-state index contributed by atoms with van der Waals surface area (Å²) in [5, 5.41) is 0. The van der Waals surface area contributed by atoms with Crippen molar-refractivity contribution >= 4 is 0 Å². The van der Waals surface area contributed by atoms with Crippen LogP contribution in [0.5, 0.6) is 0 Å². The summed E-state index contributed by atoms with van der Waals surface area (Å²) in [5.74, 6) is -5.02. The molecule has 0 saturated carbocycles. The van der Waals surface area contributed by atoms with Crippen molar-refractivity contribution in [2.75, 3.05) is 13.2 Å². The molecule has 1 saturated heterocycles. The summed E-state index contributed by atoms with van der Waals surface area (Å²) in [6, 6.07) is 4.87. The molecule has 2 aromatic rings. The highest BCUT2D eigenvalue weighted by Gasteiger charge is 2.38. The standard InChI is InChI=1S/C24H25F5O2/c1-3-5-7-15-8-9-16(20(26)19(15)25)17-10-11-18(22(28)21(17)27)23-30-13-24(29,14-31-23)12-6-4-2/h3,8-11,23H,1,4-7,12-14H2,2H3. The Hall–Kier alpha value is -2.25. The highest BCUT2D eigenvalue weighted by Crippen LogP contribution is 2.37. The van der Waals surface area contributed by atoms with Gasteiger partial charge in [0.1, 0.15) is 0 Å². The zero-order valence-electron chi connectivity index (χ0n) is 17.3. The molecule has 168 valence electrons. The van der Waals surface area contributed by atoms with Gasteiger partial charge in [0.15, 0.2) is 35.2 Å². The van der Waals surface area contributed by atoms with Gasteiger partial charge in [0, 0.05) is 16.7 Å². The zero-order chi connectivity index (χ0) is 22.6. The molecule has 31 heavy (non-hydrogen) atoms. The Kier molecular flexibility index (Phi) is 7.49. The molecule has 0 aliphatic carbocycles. The Morgan fingerprint density at radius 3 is 2.19 bits per heavy atom. The summed E-state index contributed by atoms with van der Waals surface area (Å²) in [7, 11) is 0. The summed E-state index contributed by atoms with van der Waals surface area (Å²) in [4.78, 5) is 0. The largest absolute Gasteiger partial charge is 0.345 e. The molecule has 0 amide bonds. The van der Waals surface area contributed by atoms with E-state index in [2.05, 4.69) is 6.58 Å². The summed E-state index contributed by atoms with van der Waals surface area (Å²) < 4.78 is 83.6. The molecule has 0 bridgehead atoms. The first-order valence-electron chi connectivity index (χ1n) is 10.3. The molecule has 2 aromatic carbocycles. The molecule has 0 atom stereocenters. The Morgan fingerprint density at radius 1 is 0.968 bits per heavy atom. The molecular weight excluding hydrogens is 415 g/mol. The van der Waals surface area contributed by atoms with Crippen LogP contribution in [0.15, 0.2) is 36.9 Å². The lowest BCUT2D eigenvalue weighted by Crippen LogP contribution is -2.41. The van der Waals surface area contributed by atoms with Crippen LogP contribution < -0.4 is 0 Å². The first-order chi connectivity index (χ1) is 14.8. The molecule has 1 aliphatic rings. The third-order valence-electron chi connectivity index (χ3n) is 5.40. The number of aryl methyl sites for hydroxylation is 1. The number of hydrogen-bond donors (Lipinski definition) is 0. The maximum absolute atomic E-state index is 14.8. The summed E-state index contributed by atoms with van der Waals surface area (Å²) in [5.41, 5.74) is -2.63. The van der Waals surface area contributed by atoms with Crippen molar-refractivity contribution in [3.8, 4) is 11.1 Å². The smallest absolute Gasteiger partial charge is 0.187 e. The molecule has 1 heterocycles. The van der Waals surface area contributed by atoms with Gasteiger partial charge in [0.25, 0.3) is 0 Å². The van der Waals surface area contributed by atoms with Crippen LogP contribution in [0.4, 0.5) is 22.0 Å². The molecule has 0 spiro atoms. The number of allylic oxidation sites excluding steroid dienone is 1. The summed E-state index contributed by atoms with van der Waals surface area (Å²) >= 11 is 0. The maximum Gasteiger partial charge on any atom is 0.187 e. The highest BCUT2D eigenvalue weighted by atomic mass is 19.2. The molecular formula is C24H25F5O2. The van der Waals surface area contributed by atoms with Gasteiger partial charge in [0.2, 0.25) is 0 Å². The minimum atomic E-state index is -1.67. The van der Waals surface area contributed by atoms with Gasteiger partial charge in [-0.25, -0.2) is 22.0 Å². The summed E-state index contributed by atoms with van der Waals surface area (Å²) in [6.45, 7) is 4.87. The number of hydrogen-bond acceptors (Lipinski definition) is 2. The van der Waals surface area contributed by atoms with Gasteiger partial charge in [-0.05, 0) is 24.8 Å². The van der Waals surface area contributed by atoms with Crippen molar-refractivity contribution in [1.29, 1.82) is 0 Å². The van der Waals surface area contributed by atoms with E-state index in [0.717, 1.165) is 12.5 Å². The Bertz CT molecular complexity index is 936. The minimum absolute atomic E-state index is 0.125. The second kappa shape index (κ2) is 9.92. The van der Waals surface area contributed by atoms with E-state index in [0.29, 0.717) is 12.8 Å². The molecule has 0 unspecified atom stereocenters. The molecule has 3 rings (SSSR count). The van der Waals surface area contributed by atoms with Crippen LogP contribution >= 0.6 is 0 Å². The van der Waals surface area contributed by atoms with Crippen molar-refractivity contribution in [1.82, 2.24) is 0 Å². The average molecular weight is 440 g/mol. The topological polar surface area (TPSA) is 18.5 Å². The number of halogens is 5. The van der Waals surface area contributed by atoms with E-state index >= 15 is 0 Å². The molecule has 1 aliphatic heterocycles. The fraction of sp³-hybridized carbons (Fsp3) is 0.417. The average Bonchev–Trinajstić information content (AvgIpc) is 2.77. The number of unbranched alkanes of at least 4 members (excludes halogenated alkanes) is 1. The van der Waals surface area contributed by atoms with E-state index in [1.54, 1.807) is 6.08 Å². The Balaban J connectivity index is 1.84. The van der Waals surface area contributed by atoms with Crippen LogP contribution in [0, 0.1) is 23.3 Å². The van der Waals surface area contributed by atoms with Gasteiger partial charge in [-0.15, -0.1) is 6.58 Å². The van der Waals surface area contributed by atoms with Crippen molar-refractivity contribution in [3.05, 3.63) is 71.3 Å². The van der Waals surface area contributed by atoms with E-state index in [9.17, 15) is 22.0 Å². The minimum Gasteiger partial charge on any atom is -0.345 e. The normalized spacial score (nSPS) is 21.3. The first-order valence-corrected chi connectivity index (χ1v) is 10.3. The van der Waals surface area contributed by atoms with Gasteiger partial charge < -0.3 is 9.47 Å². The number of benzene rings is 2. The molecule has 2 nitrogen and oxygen atoms in total. The second-order valence-electron chi connectivity index (χ2n) is 7.77. The third-order valence-corrected chi connectivity index (χ3v) is 5.40. The Labute approximate surface area is 178 Å². The number of rotatable bonds is 8. The first kappa shape index (κ1) is 23.4. The van der Waals surface area contributed by atoms with E-state index in [4.69, 9.17) is 9.47 Å². The molecule has 0 aromatic heterocycles. The van der Waals surface area contributed by atoms with Crippen LogP contribution in [0.1, 0.15) is 50.0 Å². The van der Waals surface area contributed by atoms with Gasteiger partial charge in [-0.1, -0.05) is 50.1 Å². The monoisotopic (exact) mass is 440 g/mol. The lowest BCUT2D eigenvalue weighted by molar-refractivity contribution is -0.240. The molecule has 1 fully saturated rings. The van der Waals surface area contributed by atoms with Gasteiger partial charge >= 0.3 is 0 Å². The van der Waals surface area contributed by atoms with E-state index in [-0.39, 0.29) is 37.2 Å².